The van der Waals surface area contributed by atoms with E-state index in [1.54, 1.807) is 25.7 Å². The van der Waals surface area contributed by atoms with E-state index >= 15 is 0 Å². The Balaban J connectivity index is 1.74. The van der Waals surface area contributed by atoms with Crippen LogP contribution in [-0.2, 0) is 14.8 Å². The Labute approximate surface area is 185 Å². The number of nitrogens with zero attached hydrogens (tertiary/aromatic N) is 5. The summed E-state index contributed by atoms with van der Waals surface area (Å²) >= 11 is 0. The first-order valence-electron chi connectivity index (χ1n) is 10.3. The van der Waals surface area contributed by atoms with Gasteiger partial charge in [0.1, 0.15) is 5.69 Å². The number of hydrogen-bond donors (Lipinski definition) is 1. The Morgan fingerprint density at radius 3 is 2.47 bits per heavy atom. The summed E-state index contributed by atoms with van der Waals surface area (Å²) in [6, 6.07) is 4.01. The van der Waals surface area contributed by atoms with Gasteiger partial charge < -0.3 is 9.32 Å². The largest absolute Gasteiger partial charge is 0.408 e. The summed E-state index contributed by atoms with van der Waals surface area (Å²) in [4.78, 5) is 25.3. The highest BCUT2D eigenvalue weighted by Gasteiger charge is 2.31. The minimum Gasteiger partial charge on any atom is -0.408 e. The number of nitro benzene ring substituents is 1. The van der Waals surface area contributed by atoms with Crippen molar-refractivity contribution >= 4 is 33.3 Å². The number of sulfonamides is 1. The molecule has 0 atom stereocenters. The van der Waals surface area contributed by atoms with E-state index in [2.05, 4.69) is 15.5 Å². The molecule has 0 saturated carbocycles. The SMILES string of the molecule is CCN(CC)S(=O)(=O)c1ccc(N2CCC(C(=O)Nc3nnc(C)o3)CC2)c([N+](=O)[O-])c1. The predicted molar refractivity (Wildman–Crippen MR) is 116 cm³/mol. The van der Waals surface area contributed by atoms with Gasteiger partial charge in [-0.15, -0.1) is 5.10 Å². The zero-order valence-electron chi connectivity index (χ0n) is 18.1. The summed E-state index contributed by atoms with van der Waals surface area (Å²) in [5.74, 6) is -0.211. The molecule has 1 aliphatic heterocycles. The van der Waals surface area contributed by atoms with Crippen LogP contribution in [-0.4, -0.2) is 59.9 Å². The van der Waals surface area contributed by atoms with Crippen molar-refractivity contribution in [1.29, 1.82) is 0 Å². The van der Waals surface area contributed by atoms with Gasteiger partial charge in [-0.2, -0.15) is 4.31 Å². The lowest BCUT2D eigenvalue weighted by molar-refractivity contribution is -0.384. The van der Waals surface area contributed by atoms with E-state index in [4.69, 9.17) is 4.42 Å². The van der Waals surface area contributed by atoms with Crippen LogP contribution < -0.4 is 10.2 Å². The Kier molecular flexibility index (Phi) is 7.09. The smallest absolute Gasteiger partial charge is 0.322 e. The molecule has 174 valence electrons. The number of amides is 1. The third-order valence-corrected chi connectivity index (χ3v) is 7.50. The van der Waals surface area contributed by atoms with E-state index in [9.17, 15) is 23.3 Å². The molecule has 1 aliphatic rings. The maximum Gasteiger partial charge on any atom is 0.322 e. The van der Waals surface area contributed by atoms with Gasteiger partial charge >= 0.3 is 6.01 Å². The van der Waals surface area contributed by atoms with Crippen molar-refractivity contribution in [2.24, 2.45) is 5.92 Å². The van der Waals surface area contributed by atoms with Crippen LogP contribution in [0, 0.1) is 23.0 Å². The first kappa shape index (κ1) is 23.6. The number of benzene rings is 1. The number of aryl methyl sites for hydroxylation is 1. The van der Waals surface area contributed by atoms with E-state index in [1.807, 2.05) is 0 Å². The molecule has 1 amide bonds. The molecule has 0 radical (unpaired) electrons. The molecule has 1 aromatic carbocycles. The van der Waals surface area contributed by atoms with Gasteiger partial charge in [-0.1, -0.05) is 18.9 Å². The molecular formula is C19H26N6O6S. The van der Waals surface area contributed by atoms with Gasteiger partial charge in [0, 0.05) is 45.1 Å². The molecule has 32 heavy (non-hydrogen) atoms. The minimum atomic E-state index is -3.82. The number of carbonyl (C=O) groups excluding carboxylic acids is 1. The van der Waals surface area contributed by atoms with E-state index < -0.39 is 14.9 Å². The molecule has 3 rings (SSSR count). The number of nitro groups is 1. The third kappa shape index (κ3) is 4.88. The topological polar surface area (TPSA) is 152 Å². The summed E-state index contributed by atoms with van der Waals surface area (Å²) in [7, 11) is -3.82. The number of aromatic nitrogens is 2. The lowest BCUT2D eigenvalue weighted by atomic mass is 9.95. The van der Waals surface area contributed by atoms with Gasteiger partial charge in [0.2, 0.25) is 21.8 Å². The lowest BCUT2D eigenvalue weighted by Gasteiger charge is -2.32. The Hall–Kier alpha value is -3.06. The Morgan fingerprint density at radius 2 is 1.94 bits per heavy atom. The molecule has 1 N–H and O–H groups in total. The van der Waals surface area contributed by atoms with Gasteiger partial charge in [0.25, 0.3) is 5.69 Å². The molecule has 12 nitrogen and oxygen atoms in total. The molecular weight excluding hydrogens is 440 g/mol. The quantitative estimate of drug-likeness (QED) is 0.455. The number of carbonyl (C=O) groups is 1. The number of rotatable bonds is 8. The normalized spacial score (nSPS) is 15.2. The highest BCUT2D eigenvalue weighted by Crippen LogP contribution is 2.34. The van der Waals surface area contributed by atoms with Crippen molar-refractivity contribution in [3.8, 4) is 0 Å². The maximum atomic E-state index is 12.8. The number of anilines is 2. The van der Waals surface area contributed by atoms with Crippen LogP contribution in [0.5, 0.6) is 0 Å². The highest BCUT2D eigenvalue weighted by molar-refractivity contribution is 7.89. The highest BCUT2D eigenvalue weighted by atomic mass is 32.2. The monoisotopic (exact) mass is 466 g/mol. The minimum absolute atomic E-state index is 0.0376. The van der Waals surface area contributed by atoms with E-state index in [-0.39, 0.29) is 41.5 Å². The molecule has 1 saturated heterocycles. The Morgan fingerprint density at radius 1 is 1.28 bits per heavy atom. The molecule has 1 aromatic heterocycles. The molecule has 2 heterocycles. The summed E-state index contributed by atoms with van der Waals surface area (Å²) in [6.45, 7) is 6.40. The molecule has 0 aliphatic carbocycles. The first-order chi connectivity index (χ1) is 15.2. The van der Waals surface area contributed by atoms with E-state index in [1.165, 1.54) is 16.4 Å². The van der Waals surface area contributed by atoms with Gasteiger partial charge in [-0.3, -0.25) is 20.2 Å². The van der Waals surface area contributed by atoms with Crippen molar-refractivity contribution in [2.45, 2.75) is 38.5 Å². The van der Waals surface area contributed by atoms with Gasteiger partial charge in [0.15, 0.2) is 0 Å². The summed E-state index contributed by atoms with van der Waals surface area (Å²) in [6.07, 6.45) is 0.936. The molecule has 2 aromatic rings. The average Bonchev–Trinajstić information content (AvgIpc) is 3.18. The fourth-order valence-electron chi connectivity index (χ4n) is 3.73. The predicted octanol–water partition coefficient (Wildman–Crippen LogP) is 2.17. The third-order valence-electron chi connectivity index (χ3n) is 5.45. The van der Waals surface area contributed by atoms with E-state index in [0.717, 1.165) is 6.07 Å². The molecule has 0 spiro atoms. The zero-order valence-corrected chi connectivity index (χ0v) is 19.0. The summed E-state index contributed by atoms with van der Waals surface area (Å²) in [5.41, 5.74) is 0.0577. The Bertz CT molecular complexity index is 1090. The lowest BCUT2D eigenvalue weighted by Crippen LogP contribution is -2.38. The van der Waals surface area contributed by atoms with Crippen LogP contribution >= 0.6 is 0 Å². The van der Waals surface area contributed by atoms with Gasteiger partial charge in [-0.25, -0.2) is 8.42 Å². The summed E-state index contributed by atoms with van der Waals surface area (Å²) < 4.78 is 31.9. The number of hydrogen-bond acceptors (Lipinski definition) is 9. The zero-order chi connectivity index (χ0) is 23.5. The fourth-order valence-corrected chi connectivity index (χ4v) is 5.21. The molecule has 1 fully saturated rings. The average molecular weight is 467 g/mol. The molecule has 13 heteroatoms. The fraction of sp³-hybridized carbons (Fsp3) is 0.526. The van der Waals surface area contributed by atoms with E-state index in [0.29, 0.717) is 37.5 Å². The maximum absolute atomic E-state index is 12.8. The van der Waals surface area contributed by atoms with Crippen LogP contribution in [0.2, 0.25) is 0 Å². The van der Waals surface area contributed by atoms with Crippen molar-refractivity contribution in [3.63, 3.8) is 0 Å². The number of nitrogens with one attached hydrogen (secondary N) is 1. The van der Waals surface area contributed by atoms with Crippen LogP contribution in [0.3, 0.4) is 0 Å². The van der Waals surface area contributed by atoms with Crippen LogP contribution in [0.1, 0.15) is 32.6 Å². The second-order valence-electron chi connectivity index (χ2n) is 7.37. The molecule has 0 bridgehead atoms. The summed E-state index contributed by atoms with van der Waals surface area (Å²) in [5, 5.41) is 21.7. The number of piperidine rings is 1. The van der Waals surface area contributed by atoms with Crippen LogP contribution in [0.4, 0.5) is 17.4 Å². The second kappa shape index (κ2) is 9.61. The van der Waals surface area contributed by atoms with Crippen LogP contribution in [0.15, 0.2) is 27.5 Å². The van der Waals surface area contributed by atoms with Crippen LogP contribution in [0.25, 0.3) is 0 Å². The van der Waals surface area contributed by atoms with Gasteiger partial charge in [0.05, 0.1) is 9.82 Å². The standard InChI is InChI=1S/C19H26N6O6S/c1-4-24(5-2)32(29,30)15-6-7-16(17(12-15)25(27)28)23-10-8-14(9-11-23)18(26)20-19-22-21-13(3)31-19/h6-7,12,14H,4-5,8-11H2,1-3H3,(H,20,22,26). The second-order valence-corrected chi connectivity index (χ2v) is 9.31. The van der Waals surface area contributed by atoms with Crippen molar-refractivity contribution in [3.05, 3.63) is 34.2 Å². The van der Waals surface area contributed by atoms with Crippen molar-refractivity contribution in [2.75, 3.05) is 36.4 Å². The van der Waals surface area contributed by atoms with Crippen molar-refractivity contribution in [1.82, 2.24) is 14.5 Å². The molecule has 0 unspecified atom stereocenters. The first-order valence-corrected chi connectivity index (χ1v) is 11.8. The van der Waals surface area contributed by atoms with Crippen molar-refractivity contribution < 1.29 is 22.6 Å². The van der Waals surface area contributed by atoms with Gasteiger partial charge in [-0.05, 0) is 25.0 Å².